The molecular weight excluding hydrogens is 258 g/mol. The minimum atomic E-state index is -0.537. The lowest BCUT2D eigenvalue weighted by molar-refractivity contribution is 0.243. The Morgan fingerprint density at radius 1 is 0.900 bits per heavy atom. The Hall–Kier alpha value is -2.24. The molecule has 5 nitrogen and oxygen atoms in total. The van der Waals surface area contributed by atoms with E-state index >= 15 is 0 Å². The van der Waals surface area contributed by atoms with E-state index in [1.807, 2.05) is 30.3 Å². The zero-order chi connectivity index (χ0) is 14.5. The number of phenolic OH excluding ortho intramolecular Hbond substituents is 3. The molecule has 106 valence electrons. The summed E-state index contributed by atoms with van der Waals surface area (Å²) in [5.74, 6) is -1.26. The third-order valence-corrected chi connectivity index (χ3v) is 3.14. The van der Waals surface area contributed by atoms with Crippen LogP contribution in [0, 0.1) is 0 Å². The molecule has 2 aromatic carbocycles. The Morgan fingerprint density at radius 2 is 1.60 bits per heavy atom. The van der Waals surface area contributed by atoms with Gasteiger partial charge in [-0.25, -0.2) is 0 Å². The molecule has 0 bridgehead atoms. The van der Waals surface area contributed by atoms with Crippen LogP contribution in [-0.4, -0.2) is 27.0 Å². The highest BCUT2D eigenvalue weighted by Gasteiger charge is 2.13. The summed E-state index contributed by atoms with van der Waals surface area (Å²) in [5, 5.41) is 40.9. The molecule has 5 heteroatoms. The van der Waals surface area contributed by atoms with Crippen LogP contribution >= 0.6 is 0 Å². The molecule has 0 radical (unpaired) electrons. The number of aliphatic hydroxyl groups is 1. The lowest BCUT2D eigenvalue weighted by Crippen LogP contribution is -2.23. The monoisotopic (exact) mass is 275 g/mol. The van der Waals surface area contributed by atoms with E-state index in [1.165, 1.54) is 12.1 Å². The van der Waals surface area contributed by atoms with Crippen molar-refractivity contribution >= 4 is 0 Å². The van der Waals surface area contributed by atoms with Crippen molar-refractivity contribution < 1.29 is 20.4 Å². The van der Waals surface area contributed by atoms with Gasteiger partial charge in [0.25, 0.3) is 0 Å². The van der Waals surface area contributed by atoms with E-state index in [0.717, 1.165) is 5.56 Å². The summed E-state index contributed by atoms with van der Waals surface area (Å²) in [6.45, 7) is 0.161. The lowest BCUT2D eigenvalue weighted by atomic mass is 10.1. The van der Waals surface area contributed by atoms with E-state index in [1.54, 1.807) is 0 Å². The zero-order valence-corrected chi connectivity index (χ0v) is 10.8. The molecule has 2 aromatic rings. The van der Waals surface area contributed by atoms with Gasteiger partial charge < -0.3 is 25.7 Å². The summed E-state index contributed by atoms with van der Waals surface area (Å²) >= 11 is 0. The smallest absolute Gasteiger partial charge is 0.200 e. The maximum Gasteiger partial charge on any atom is 0.200 e. The third-order valence-electron chi connectivity index (χ3n) is 3.14. The minimum Gasteiger partial charge on any atom is -0.504 e. The van der Waals surface area contributed by atoms with Gasteiger partial charge >= 0.3 is 0 Å². The minimum absolute atomic E-state index is 0.0885. The molecule has 1 unspecified atom stereocenters. The summed E-state index contributed by atoms with van der Waals surface area (Å²) in [6, 6.07) is 12.0. The number of rotatable bonds is 5. The molecule has 0 saturated heterocycles. The number of hydrogen-bond acceptors (Lipinski definition) is 5. The number of aromatic hydroxyl groups is 3. The number of nitrogens with one attached hydrogen (secondary N) is 1. The molecular formula is C15H17NO4. The molecule has 20 heavy (non-hydrogen) atoms. The Bertz CT molecular complexity index is 572. The van der Waals surface area contributed by atoms with Gasteiger partial charge in [0, 0.05) is 12.1 Å². The number of aliphatic hydroxyl groups excluding tert-OH is 1. The number of hydrogen-bond donors (Lipinski definition) is 5. The van der Waals surface area contributed by atoms with Crippen molar-refractivity contribution in [2.45, 2.75) is 12.6 Å². The van der Waals surface area contributed by atoms with E-state index in [-0.39, 0.29) is 30.7 Å². The van der Waals surface area contributed by atoms with Crippen molar-refractivity contribution in [2.24, 2.45) is 0 Å². The fourth-order valence-corrected chi connectivity index (χ4v) is 1.96. The van der Waals surface area contributed by atoms with Crippen molar-refractivity contribution in [2.75, 3.05) is 6.61 Å². The van der Waals surface area contributed by atoms with E-state index < -0.39 is 5.75 Å². The van der Waals surface area contributed by atoms with E-state index in [9.17, 15) is 20.4 Å². The summed E-state index contributed by atoms with van der Waals surface area (Å²) in [6.07, 6.45) is 0. The standard InChI is InChI=1S/C15H17NO4/c17-9-12(10-4-2-1-3-5-10)16-8-11-6-7-13(18)15(20)14(11)19/h1-7,12,16-20H,8-9H2. The van der Waals surface area contributed by atoms with Crippen LogP contribution in [0.3, 0.4) is 0 Å². The Morgan fingerprint density at radius 3 is 2.25 bits per heavy atom. The highest BCUT2D eigenvalue weighted by molar-refractivity contribution is 5.53. The van der Waals surface area contributed by atoms with Gasteiger partial charge in [-0.05, 0) is 11.6 Å². The summed E-state index contributed by atoms with van der Waals surface area (Å²) < 4.78 is 0. The average Bonchev–Trinajstić information content (AvgIpc) is 2.48. The third kappa shape index (κ3) is 3.01. The fraction of sp³-hybridized carbons (Fsp3) is 0.200. The van der Waals surface area contributed by atoms with Crippen LogP contribution < -0.4 is 5.32 Å². The van der Waals surface area contributed by atoms with Crippen LogP contribution in [0.5, 0.6) is 17.2 Å². The van der Waals surface area contributed by atoms with Crippen LogP contribution in [0.25, 0.3) is 0 Å². The van der Waals surface area contributed by atoms with Crippen LogP contribution in [0.15, 0.2) is 42.5 Å². The SMILES string of the molecule is OCC(NCc1ccc(O)c(O)c1O)c1ccccc1. The first-order chi connectivity index (χ1) is 9.63. The van der Waals surface area contributed by atoms with Gasteiger partial charge in [0.2, 0.25) is 5.75 Å². The first kappa shape index (κ1) is 14.2. The van der Waals surface area contributed by atoms with Gasteiger partial charge in [-0.1, -0.05) is 36.4 Å². The Labute approximate surface area is 116 Å². The molecule has 5 N–H and O–H groups in total. The maximum absolute atomic E-state index is 9.72. The fourth-order valence-electron chi connectivity index (χ4n) is 1.96. The van der Waals surface area contributed by atoms with Gasteiger partial charge in [0.05, 0.1) is 12.6 Å². The second-order valence-electron chi connectivity index (χ2n) is 4.47. The quantitative estimate of drug-likeness (QED) is 0.535. The molecule has 2 rings (SSSR count). The highest BCUT2D eigenvalue weighted by Crippen LogP contribution is 2.37. The van der Waals surface area contributed by atoms with Crippen molar-refractivity contribution in [3.05, 3.63) is 53.6 Å². The van der Waals surface area contributed by atoms with Crippen LogP contribution in [0.2, 0.25) is 0 Å². The lowest BCUT2D eigenvalue weighted by Gasteiger charge is -2.17. The second kappa shape index (κ2) is 6.27. The Balaban J connectivity index is 2.10. The molecule has 0 aliphatic heterocycles. The van der Waals surface area contributed by atoms with Gasteiger partial charge in [-0.2, -0.15) is 0 Å². The molecule has 0 aliphatic carbocycles. The zero-order valence-electron chi connectivity index (χ0n) is 10.8. The normalized spacial score (nSPS) is 12.2. The first-order valence-electron chi connectivity index (χ1n) is 6.25. The summed E-state index contributed by atoms with van der Waals surface area (Å²) in [5.41, 5.74) is 1.37. The topological polar surface area (TPSA) is 93.0 Å². The van der Waals surface area contributed by atoms with E-state index in [2.05, 4.69) is 5.32 Å². The first-order valence-corrected chi connectivity index (χ1v) is 6.25. The molecule has 0 aliphatic rings. The van der Waals surface area contributed by atoms with Crippen LogP contribution in [0.1, 0.15) is 17.2 Å². The van der Waals surface area contributed by atoms with Crippen molar-refractivity contribution in [1.82, 2.24) is 5.32 Å². The molecule has 1 atom stereocenters. The van der Waals surface area contributed by atoms with Gasteiger partial charge in [0.1, 0.15) is 0 Å². The van der Waals surface area contributed by atoms with Crippen molar-refractivity contribution in [1.29, 1.82) is 0 Å². The number of benzene rings is 2. The summed E-state index contributed by atoms with van der Waals surface area (Å²) in [7, 11) is 0. The predicted octanol–water partition coefficient (Wildman–Crippen LogP) is 1.63. The van der Waals surface area contributed by atoms with Crippen molar-refractivity contribution in [3.8, 4) is 17.2 Å². The molecule has 0 saturated carbocycles. The van der Waals surface area contributed by atoms with Gasteiger partial charge in [-0.15, -0.1) is 0 Å². The second-order valence-corrected chi connectivity index (χ2v) is 4.47. The average molecular weight is 275 g/mol. The predicted molar refractivity (Wildman–Crippen MR) is 74.5 cm³/mol. The van der Waals surface area contributed by atoms with Gasteiger partial charge in [0.15, 0.2) is 11.5 Å². The van der Waals surface area contributed by atoms with E-state index in [4.69, 9.17) is 0 Å². The summed E-state index contributed by atoms with van der Waals surface area (Å²) in [4.78, 5) is 0. The highest BCUT2D eigenvalue weighted by atomic mass is 16.3. The molecule has 0 aromatic heterocycles. The van der Waals surface area contributed by atoms with Crippen LogP contribution in [-0.2, 0) is 6.54 Å². The molecule has 0 fully saturated rings. The molecule has 0 amide bonds. The number of phenols is 3. The van der Waals surface area contributed by atoms with Gasteiger partial charge in [-0.3, -0.25) is 0 Å². The van der Waals surface area contributed by atoms with Crippen molar-refractivity contribution in [3.63, 3.8) is 0 Å². The largest absolute Gasteiger partial charge is 0.504 e. The molecule has 0 spiro atoms. The van der Waals surface area contributed by atoms with E-state index in [0.29, 0.717) is 5.56 Å². The maximum atomic E-state index is 9.72. The Kier molecular flexibility index (Phi) is 4.45. The van der Waals surface area contributed by atoms with Crippen LogP contribution in [0.4, 0.5) is 0 Å². The molecule has 0 heterocycles.